The first kappa shape index (κ1) is 20.9. The van der Waals surface area contributed by atoms with E-state index in [1.165, 1.54) is 42.3 Å². The van der Waals surface area contributed by atoms with E-state index < -0.39 is 0 Å². The number of hydrogen-bond acceptors (Lipinski definition) is 3. The topological polar surface area (TPSA) is 44.1 Å². The molecule has 0 saturated carbocycles. The van der Waals surface area contributed by atoms with Crippen LogP contribution in [0.3, 0.4) is 0 Å². The molecule has 4 heteroatoms. The smallest absolute Gasteiger partial charge is 0.282 e. The molecule has 0 aliphatic heterocycles. The summed E-state index contributed by atoms with van der Waals surface area (Å²) in [6.45, 7) is 10.2. The van der Waals surface area contributed by atoms with Crippen LogP contribution in [-0.4, -0.2) is 22.3 Å². The van der Waals surface area contributed by atoms with Crippen molar-refractivity contribution in [3.63, 3.8) is 0 Å². The molecule has 0 spiro atoms. The molecule has 0 N–H and O–H groups in total. The van der Waals surface area contributed by atoms with Crippen molar-refractivity contribution in [3.05, 3.63) is 59.4 Å². The molecule has 0 bridgehead atoms. The third kappa shape index (κ3) is 5.56. The third-order valence-electron chi connectivity index (χ3n) is 4.89. The molecule has 0 aliphatic rings. The van der Waals surface area contributed by atoms with Crippen molar-refractivity contribution in [1.29, 1.82) is 0 Å². The Kier molecular flexibility index (Phi) is 8.31. The second-order valence-electron chi connectivity index (χ2n) is 6.98. The van der Waals surface area contributed by atoms with E-state index >= 15 is 0 Å². The van der Waals surface area contributed by atoms with Gasteiger partial charge >= 0.3 is 0 Å². The molecule has 27 heavy (non-hydrogen) atoms. The average molecular weight is 369 g/mol. The predicted octanol–water partition coefficient (Wildman–Crippen LogP) is 5.66. The molecule has 2 rings (SSSR count). The van der Waals surface area contributed by atoms with Crippen molar-refractivity contribution < 1.29 is 9.53 Å². The summed E-state index contributed by atoms with van der Waals surface area (Å²) in [5.74, 6) is 0.414. The summed E-state index contributed by atoms with van der Waals surface area (Å²) in [5, 5.41) is 4.53. The van der Waals surface area contributed by atoms with Gasteiger partial charge in [0.15, 0.2) is 0 Å². The molecular weight excluding hydrogens is 336 g/mol. The minimum atomic E-state index is -0.149. The monoisotopic (exact) mass is 368 g/mol. The summed E-state index contributed by atoms with van der Waals surface area (Å²) >= 11 is 0. The van der Waals surface area contributed by atoms with Gasteiger partial charge < -0.3 is 4.74 Å². The van der Waals surface area contributed by atoms with E-state index in [0.717, 1.165) is 24.2 Å². The lowest BCUT2D eigenvalue weighted by Crippen LogP contribution is -2.17. The number of para-hydroxylation sites is 1. The fourth-order valence-electron chi connectivity index (χ4n) is 3.35. The molecule has 0 saturated heterocycles. The minimum Gasteiger partial charge on any atom is -0.489 e. The molecule has 146 valence electrons. The van der Waals surface area contributed by atoms with Gasteiger partial charge in [0.1, 0.15) is 12.4 Å². The molecule has 0 amide bonds. The van der Waals surface area contributed by atoms with Gasteiger partial charge in [-0.2, -0.15) is 5.10 Å². The van der Waals surface area contributed by atoms with Gasteiger partial charge in [-0.25, -0.2) is 4.68 Å². The van der Waals surface area contributed by atoms with Gasteiger partial charge in [-0.15, -0.1) is 0 Å². The van der Waals surface area contributed by atoms with Crippen LogP contribution in [0.15, 0.2) is 36.9 Å². The van der Waals surface area contributed by atoms with E-state index in [0.29, 0.717) is 17.9 Å². The molecule has 1 heterocycles. The van der Waals surface area contributed by atoms with Gasteiger partial charge in [0.05, 0.1) is 11.3 Å². The fraction of sp³-hybridized carbons (Fsp3) is 0.478. The second-order valence-corrected chi connectivity index (χ2v) is 6.98. The van der Waals surface area contributed by atoms with Crippen molar-refractivity contribution in [1.82, 2.24) is 9.78 Å². The Morgan fingerprint density at radius 1 is 1.15 bits per heavy atom. The van der Waals surface area contributed by atoms with Gasteiger partial charge in [-0.05, 0) is 44.4 Å². The van der Waals surface area contributed by atoms with Crippen LogP contribution < -0.4 is 4.74 Å². The number of hydrogen-bond donors (Lipinski definition) is 0. The summed E-state index contributed by atoms with van der Waals surface area (Å²) in [7, 11) is 0. The maximum Gasteiger partial charge on any atom is 0.282 e. The predicted molar refractivity (Wildman–Crippen MR) is 111 cm³/mol. The number of carbonyl (C=O) groups is 1. The summed E-state index contributed by atoms with van der Waals surface area (Å²) in [5.41, 5.74) is 3.60. The third-order valence-corrected chi connectivity index (χ3v) is 4.89. The fourth-order valence-corrected chi connectivity index (χ4v) is 3.35. The SMILES string of the molecule is C=CCOc1ccccc1C(=O)n1nc(C)c(CCCCCCCC)c1C. The zero-order valence-corrected chi connectivity index (χ0v) is 17.0. The van der Waals surface area contributed by atoms with Crippen LogP contribution in [0.1, 0.15) is 72.8 Å². The highest BCUT2D eigenvalue weighted by Crippen LogP contribution is 2.22. The van der Waals surface area contributed by atoms with E-state index in [2.05, 4.69) is 18.6 Å². The molecule has 1 aromatic carbocycles. The number of benzene rings is 1. The van der Waals surface area contributed by atoms with Crippen molar-refractivity contribution in [2.45, 2.75) is 65.7 Å². The summed E-state index contributed by atoms with van der Waals surface area (Å²) in [4.78, 5) is 13.1. The molecule has 0 fully saturated rings. The molecule has 1 aromatic heterocycles. The highest BCUT2D eigenvalue weighted by molar-refractivity contribution is 5.98. The Balaban J connectivity index is 2.11. The Morgan fingerprint density at radius 3 is 2.59 bits per heavy atom. The quantitative estimate of drug-likeness (QED) is 0.380. The van der Waals surface area contributed by atoms with Gasteiger partial charge in [0.25, 0.3) is 5.91 Å². The summed E-state index contributed by atoms with van der Waals surface area (Å²) < 4.78 is 7.16. The van der Waals surface area contributed by atoms with Gasteiger partial charge in [0, 0.05) is 5.69 Å². The van der Waals surface area contributed by atoms with Crippen molar-refractivity contribution in [2.24, 2.45) is 0 Å². The van der Waals surface area contributed by atoms with Crippen LogP contribution in [-0.2, 0) is 6.42 Å². The van der Waals surface area contributed by atoms with Crippen molar-refractivity contribution >= 4 is 5.91 Å². The number of ether oxygens (including phenoxy) is 1. The summed E-state index contributed by atoms with van der Waals surface area (Å²) in [6, 6.07) is 7.29. The van der Waals surface area contributed by atoms with Crippen LogP contribution in [0.5, 0.6) is 5.75 Å². The summed E-state index contributed by atoms with van der Waals surface area (Å²) in [6.07, 6.45) is 10.2. The van der Waals surface area contributed by atoms with E-state index in [-0.39, 0.29) is 5.91 Å². The molecule has 4 nitrogen and oxygen atoms in total. The lowest BCUT2D eigenvalue weighted by atomic mass is 10.0. The zero-order chi connectivity index (χ0) is 19.6. The Morgan fingerprint density at radius 2 is 1.85 bits per heavy atom. The number of aryl methyl sites for hydroxylation is 1. The largest absolute Gasteiger partial charge is 0.489 e. The number of carbonyl (C=O) groups excluding carboxylic acids is 1. The Labute approximate surface area is 163 Å². The number of unbranched alkanes of at least 4 members (excludes halogenated alkanes) is 5. The average Bonchev–Trinajstić information content (AvgIpc) is 2.96. The highest BCUT2D eigenvalue weighted by Gasteiger charge is 2.20. The standard InChI is InChI=1S/C23H32N2O2/c1-5-7-8-9-10-11-14-20-18(3)24-25(19(20)4)23(26)21-15-12-13-16-22(21)27-17-6-2/h6,12-13,15-16H,2,5,7-11,14,17H2,1,3-4H3. The Hall–Kier alpha value is -2.36. The molecule has 0 unspecified atom stereocenters. The van der Waals surface area contributed by atoms with Crippen molar-refractivity contribution in [3.8, 4) is 5.75 Å². The first-order chi connectivity index (χ1) is 13.1. The lowest BCUT2D eigenvalue weighted by Gasteiger charge is -2.10. The van der Waals surface area contributed by atoms with Crippen LogP contribution in [0.2, 0.25) is 0 Å². The number of aromatic nitrogens is 2. The van der Waals surface area contributed by atoms with Crippen molar-refractivity contribution in [2.75, 3.05) is 6.61 Å². The van der Waals surface area contributed by atoms with Crippen LogP contribution in [0.25, 0.3) is 0 Å². The van der Waals surface area contributed by atoms with Crippen LogP contribution in [0.4, 0.5) is 0 Å². The minimum absolute atomic E-state index is 0.149. The van der Waals surface area contributed by atoms with E-state index in [1.54, 1.807) is 18.2 Å². The first-order valence-electron chi connectivity index (χ1n) is 10.0. The molecular formula is C23H32N2O2. The van der Waals surface area contributed by atoms with Crippen LogP contribution >= 0.6 is 0 Å². The van der Waals surface area contributed by atoms with E-state index in [4.69, 9.17) is 4.74 Å². The van der Waals surface area contributed by atoms with Gasteiger partial charge in [-0.1, -0.05) is 63.8 Å². The normalized spacial score (nSPS) is 10.8. The number of nitrogens with zero attached hydrogens (tertiary/aromatic N) is 2. The maximum absolute atomic E-state index is 13.1. The van der Waals surface area contributed by atoms with Gasteiger partial charge in [-0.3, -0.25) is 4.79 Å². The second kappa shape index (κ2) is 10.7. The highest BCUT2D eigenvalue weighted by atomic mass is 16.5. The molecule has 0 radical (unpaired) electrons. The van der Waals surface area contributed by atoms with Gasteiger partial charge in [0.2, 0.25) is 0 Å². The lowest BCUT2D eigenvalue weighted by molar-refractivity contribution is 0.0938. The molecule has 0 atom stereocenters. The first-order valence-corrected chi connectivity index (χ1v) is 10.0. The Bertz CT molecular complexity index is 762. The molecule has 2 aromatic rings. The molecule has 0 aliphatic carbocycles. The van der Waals surface area contributed by atoms with E-state index in [9.17, 15) is 4.79 Å². The number of rotatable bonds is 11. The maximum atomic E-state index is 13.1. The zero-order valence-electron chi connectivity index (χ0n) is 17.0. The van der Waals surface area contributed by atoms with Crippen LogP contribution in [0, 0.1) is 13.8 Å². The van der Waals surface area contributed by atoms with E-state index in [1.807, 2.05) is 26.0 Å².